The van der Waals surface area contributed by atoms with Crippen LogP contribution in [0.5, 0.6) is 23.1 Å². The molecule has 0 bridgehead atoms. The number of anilines is 1. The molecule has 0 saturated heterocycles. The molecule has 1 aromatic heterocycles. The second-order valence-electron chi connectivity index (χ2n) is 6.01. The number of aromatic nitrogens is 1. The Labute approximate surface area is 156 Å². The van der Waals surface area contributed by atoms with Gasteiger partial charge in [-0.2, -0.15) is 0 Å². The van der Waals surface area contributed by atoms with Crippen molar-refractivity contribution in [2.75, 3.05) is 12.1 Å². The van der Waals surface area contributed by atoms with Gasteiger partial charge in [-0.25, -0.2) is 4.98 Å². The SMILES string of the molecule is O=C(CCc1ccc2c(c1)OCO2)Nc1cccnc1Oc1ccccc1. The maximum Gasteiger partial charge on any atom is 0.243 e. The molecule has 1 aliphatic heterocycles. The summed E-state index contributed by atoms with van der Waals surface area (Å²) in [6.45, 7) is 0.241. The summed E-state index contributed by atoms with van der Waals surface area (Å²) < 4.78 is 16.4. The summed E-state index contributed by atoms with van der Waals surface area (Å²) in [7, 11) is 0. The average molecular weight is 362 g/mol. The Hall–Kier alpha value is -3.54. The zero-order chi connectivity index (χ0) is 18.5. The molecule has 0 radical (unpaired) electrons. The first-order chi connectivity index (χ1) is 13.3. The van der Waals surface area contributed by atoms with Gasteiger partial charge in [-0.1, -0.05) is 24.3 Å². The molecule has 0 atom stereocenters. The van der Waals surface area contributed by atoms with Crippen LogP contribution in [0.3, 0.4) is 0 Å². The fraction of sp³-hybridized carbons (Fsp3) is 0.143. The first kappa shape index (κ1) is 16.9. The van der Waals surface area contributed by atoms with Crippen LogP contribution < -0.4 is 19.5 Å². The van der Waals surface area contributed by atoms with Crippen LogP contribution in [-0.4, -0.2) is 17.7 Å². The molecule has 3 aromatic rings. The molecule has 2 heterocycles. The summed E-state index contributed by atoms with van der Waals surface area (Å²) in [4.78, 5) is 16.6. The Morgan fingerprint density at radius 2 is 1.89 bits per heavy atom. The Balaban J connectivity index is 1.38. The van der Waals surface area contributed by atoms with Gasteiger partial charge in [0.1, 0.15) is 11.4 Å². The number of carbonyl (C=O) groups is 1. The highest BCUT2D eigenvalue weighted by molar-refractivity contribution is 5.92. The Morgan fingerprint density at radius 1 is 1.04 bits per heavy atom. The number of nitrogens with one attached hydrogen (secondary N) is 1. The fourth-order valence-electron chi connectivity index (χ4n) is 2.73. The van der Waals surface area contributed by atoms with Crippen LogP contribution in [-0.2, 0) is 11.2 Å². The zero-order valence-corrected chi connectivity index (χ0v) is 14.6. The van der Waals surface area contributed by atoms with Gasteiger partial charge in [-0.05, 0) is 48.4 Å². The summed E-state index contributed by atoms with van der Waals surface area (Å²) in [5.41, 5.74) is 1.55. The monoisotopic (exact) mass is 362 g/mol. The number of benzene rings is 2. The van der Waals surface area contributed by atoms with Crippen LogP contribution in [0.2, 0.25) is 0 Å². The van der Waals surface area contributed by atoms with Crippen molar-refractivity contribution in [3.05, 3.63) is 72.4 Å². The minimum Gasteiger partial charge on any atom is -0.454 e. The number of pyridine rings is 1. The van der Waals surface area contributed by atoms with Gasteiger partial charge in [0.25, 0.3) is 0 Å². The van der Waals surface area contributed by atoms with E-state index in [9.17, 15) is 4.79 Å². The van der Waals surface area contributed by atoms with Crippen molar-refractivity contribution in [3.63, 3.8) is 0 Å². The predicted octanol–water partition coefficient (Wildman–Crippen LogP) is 4.17. The largest absolute Gasteiger partial charge is 0.454 e. The van der Waals surface area contributed by atoms with E-state index in [4.69, 9.17) is 14.2 Å². The van der Waals surface area contributed by atoms with Gasteiger partial charge in [0.2, 0.25) is 18.6 Å². The van der Waals surface area contributed by atoms with Crippen molar-refractivity contribution >= 4 is 11.6 Å². The maximum atomic E-state index is 12.4. The first-order valence-electron chi connectivity index (χ1n) is 8.64. The van der Waals surface area contributed by atoms with Crippen LogP contribution in [0.15, 0.2) is 66.9 Å². The van der Waals surface area contributed by atoms with E-state index in [0.717, 1.165) is 17.1 Å². The number of amides is 1. The molecular formula is C21H18N2O4. The van der Waals surface area contributed by atoms with Gasteiger partial charge in [0.05, 0.1) is 0 Å². The molecule has 0 aliphatic carbocycles. The number of aryl methyl sites for hydroxylation is 1. The molecule has 0 spiro atoms. The molecule has 2 aromatic carbocycles. The summed E-state index contributed by atoms with van der Waals surface area (Å²) in [6, 6.07) is 18.6. The summed E-state index contributed by atoms with van der Waals surface area (Å²) in [5.74, 6) is 2.37. The lowest BCUT2D eigenvalue weighted by molar-refractivity contribution is -0.116. The van der Waals surface area contributed by atoms with Gasteiger partial charge < -0.3 is 19.5 Å². The van der Waals surface area contributed by atoms with Gasteiger partial charge >= 0.3 is 0 Å². The second-order valence-corrected chi connectivity index (χ2v) is 6.01. The van der Waals surface area contributed by atoms with Crippen molar-refractivity contribution in [2.45, 2.75) is 12.8 Å². The third kappa shape index (κ3) is 4.17. The lowest BCUT2D eigenvalue weighted by atomic mass is 10.1. The molecule has 0 saturated carbocycles. The fourth-order valence-corrected chi connectivity index (χ4v) is 2.73. The number of hydrogen-bond donors (Lipinski definition) is 1. The van der Waals surface area contributed by atoms with Gasteiger partial charge in [0.15, 0.2) is 11.5 Å². The van der Waals surface area contributed by atoms with E-state index >= 15 is 0 Å². The van der Waals surface area contributed by atoms with Crippen LogP contribution in [0.4, 0.5) is 5.69 Å². The van der Waals surface area contributed by atoms with Crippen molar-refractivity contribution < 1.29 is 19.0 Å². The van der Waals surface area contributed by atoms with E-state index in [1.165, 1.54) is 0 Å². The van der Waals surface area contributed by atoms with Crippen LogP contribution in [0.1, 0.15) is 12.0 Å². The number of ether oxygens (including phenoxy) is 3. The van der Waals surface area contributed by atoms with E-state index in [-0.39, 0.29) is 12.7 Å². The molecular weight excluding hydrogens is 344 g/mol. The third-order valence-electron chi connectivity index (χ3n) is 4.08. The number of nitrogens with zero attached hydrogens (tertiary/aromatic N) is 1. The topological polar surface area (TPSA) is 69.7 Å². The highest BCUT2D eigenvalue weighted by Gasteiger charge is 2.14. The maximum absolute atomic E-state index is 12.4. The van der Waals surface area contributed by atoms with Crippen LogP contribution in [0.25, 0.3) is 0 Å². The number of para-hydroxylation sites is 1. The van der Waals surface area contributed by atoms with Gasteiger partial charge in [-0.15, -0.1) is 0 Å². The van der Waals surface area contributed by atoms with Crippen molar-refractivity contribution in [1.82, 2.24) is 4.98 Å². The number of hydrogen-bond acceptors (Lipinski definition) is 5. The standard InChI is InChI=1S/C21H18N2O4/c24-20(11-9-15-8-10-18-19(13-15)26-14-25-18)23-17-7-4-12-22-21(17)27-16-5-2-1-3-6-16/h1-8,10,12-13H,9,11,14H2,(H,23,24). The number of fused-ring (bicyclic) bond motifs is 1. The van der Waals surface area contributed by atoms with Crippen molar-refractivity contribution in [1.29, 1.82) is 0 Å². The molecule has 6 heteroatoms. The average Bonchev–Trinajstić information content (AvgIpc) is 3.17. The highest BCUT2D eigenvalue weighted by Crippen LogP contribution is 2.33. The van der Waals surface area contributed by atoms with Gasteiger partial charge in [-0.3, -0.25) is 4.79 Å². The third-order valence-corrected chi connectivity index (χ3v) is 4.08. The minimum absolute atomic E-state index is 0.112. The summed E-state index contributed by atoms with van der Waals surface area (Å²) in [6.07, 6.45) is 2.55. The Morgan fingerprint density at radius 3 is 2.78 bits per heavy atom. The molecule has 4 rings (SSSR count). The normalized spacial score (nSPS) is 11.9. The smallest absolute Gasteiger partial charge is 0.243 e. The van der Waals surface area contributed by atoms with Crippen LogP contribution in [0, 0.1) is 0 Å². The lowest BCUT2D eigenvalue weighted by Gasteiger charge is -2.11. The first-order valence-corrected chi connectivity index (χ1v) is 8.64. The Kier molecular flexibility index (Phi) is 4.87. The predicted molar refractivity (Wildman–Crippen MR) is 100 cm³/mol. The molecule has 6 nitrogen and oxygen atoms in total. The van der Waals surface area contributed by atoms with Gasteiger partial charge in [0, 0.05) is 12.6 Å². The minimum atomic E-state index is -0.112. The quantitative estimate of drug-likeness (QED) is 0.713. The molecule has 27 heavy (non-hydrogen) atoms. The molecule has 0 fully saturated rings. The van der Waals surface area contributed by atoms with E-state index in [0.29, 0.717) is 30.2 Å². The number of rotatable bonds is 6. The van der Waals surface area contributed by atoms with Crippen molar-refractivity contribution in [3.8, 4) is 23.1 Å². The molecule has 136 valence electrons. The molecule has 0 unspecified atom stereocenters. The van der Waals surface area contributed by atoms with Crippen LogP contribution >= 0.6 is 0 Å². The second kappa shape index (κ2) is 7.78. The molecule has 1 amide bonds. The van der Waals surface area contributed by atoms with E-state index in [2.05, 4.69) is 10.3 Å². The Bertz CT molecular complexity index is 944. The summed E-state index contributed by atoms with van der Waals surface area (Å²) in [5, 5.41) is 2.87. The van der Waals surface area contributed by atoms with E-state index in [1.807, 2.05) is 48.5 Å². The zero-order valence-electron chi connectivity index (χ0n) is 14.6. The summed E-state index contributed by atoms with van der Waals surface area (Å²) >= 11 is 0. The van der Waals surface area contributed by atoms with Crippen molar-refractivity contribution in [2.24, 2.45) is 0 Å². The highest BCUT2D eigenvalue weighted by atomic mass is 16.7. The van der Waals surface area contributed by atoms with E-state index < -0.39 is 0 Å². The molecule has 1 N–H and O–H groups in total. The number of carbonyl (C=O) groups excluding carboxylic acids is 1. The van der Waals surface area contributed by atoms with E-state index in [1.54, 1.807) is 18.3 Å². The lowest BCUT2D eigenvalue weighted by Crippen LogP contribution is -2.13. The molecule has 1 aliphatic rings.